The first-order valence-electron chi connectivity index (χ1n) is 9.39. The summed E-state index contributed by atoms with van der Waals surface area (Å²) in [5, 5.41) is 6.92. The number of aryl methyl sites for hydroxylation is 1. The Hall–Kier alpha value is -3.46. The molecule has 30 heavy (non-hydrogen) atoms. The van der Waals surface area contributed by atoms with Crippen molar-refractivity contribution in [1.29, 1.82) is 0 Å². The van der Waals surface area contributed by atoms with Crippen molar-refractivity contribution in [3.05, 3.63) is 63.8 Å². The zero-order chi connectivity index (χ0) is 21.3. The summed E-state index contributed by atoms with van der Waals surface area (Å²) in [5.74, 6) is -0.241. The summed E-state index contributed by atoms with van der Waals surface area (Å²) >= 11 is 1.56. The van der Waals surface area contributed by atoms with Crippen LogP contribution in [0.15, 0.2) is 53.3 Å². The largest absolute Gasteiger partial charge is 0.477 e. The van der Waals surface area contributed by atoms with Gasteiger partial charge in [-0.2, -0.15) is 5.10 Å². The van der Waals surface area contributed by atoms with E-state index in [1.165, 1.54) is 18.0 Å². The average Bonchev–Trinajstić information content (AvgIpc) is 3.20. The normalized spacial score (nSPS) is 15.3. The van der Waals surface area contributed by atoms with E-state index in [0.29, 0.717) is 17.1 Å². The van der Waals surface area contributed by atoms with Gasteiger partial charge in [-0.25, -0.2) is 4.68 Å². The predicted molar refractivity (Wildman–Crippen MR) is 114 cm³/mol. The van der Waals surface area contributed by atoms with E-state index in [2.05, 4.69) is 10.4 Å². The maximum Gasteiger partial charge on any atom is 0.267 e. The molecule has 1 unspecified atom stereocenters. The standard InChI is InChI=1S/C21H20N4O4S/c1-13-7-9-18(30-13)14-8-10-19(26)25(23-14)12-20(27)24-11-17(21(28)22-2)29-16-6-4-3-5-15(16)24/h3-10,17H,11-12H2,1-2H3,(H,22,28). The fraction of sp³-hybridized carbons (Fsp3) is 0.238. The van der Waals surface area contributed by atoms with E-state index >= 15 is 0 Å². The highest BCUT2D eigenvalue weighted by atomic mass is 32.1. The smallest absolute Gasteiger partial charge is 0.267 e. The maximum atomic E-state index is 13.1. The number of aromatic nitrogens is 2. The number of anilines is 1. The lowest BCUT2D eigenvalue weighted by molar-refractivity contribution is -0.128. The van der Waals surface area contributed by atoms with Crippen LogP contribution in [-0.4, -0.2) is 41.3 Å². The van der Waals surface area contributed by atoms with Crippen LogP contribution in [0.25, 0.3) is 10.6 Å². The molecule has 0 saturated heterocycles. The molecule has 0 saturated carbocycles. The van der Waals surface area contributed by atoms with Crippen molar-refractivity contribution in [3.63, 3.8) is 0 Å². The van der Waals surface area contributed by atoms with Crippen LogP contribution in [0.5, 0.6) is 5.75 Å². The fourth-order valence-electron chi connectivity index (χ4n) is 3.25. The van der Waals surface area contributed by atoms with Crippen molar-refractivity contribution in [2.24, 2.45) is 0 Å². The maximum absolute atomic E-state index is 13.1. The number of para-hydroxylation sites is 2. The number of nitrogens with one attached hydrogen (secondary N) is 1. The highest BCUT2D eigenvalue weighted by Gasteiger charge is 2.33. The molecule has 2 amide bonds. The summed E-state index contributed by atoms with van der Waals surface area (Å²) in [7, 11) is 1.51. The van der Waals surface area contributed by atoms with Gasteiger partial charge < -0.3 is 15.0 Å². The predicted octanol–water partition coefficient (Wildman–Crippen LogP) is 1.82. The Kier molecular flexibility index (Phi) is 5.37. The van der Waals surface area contributed by atoms with Gasteiger partial charge in [-0.05, 0) is 37.3 Å². The van der Waals surface area contributed by atoms with E-state index in [1.54, 1.807) is 41.7 Å². The minimum atomic E-state index is -0.834. The van der Waals surface area contributed by atoms with Gasteiger partial charge in [0.15, 0.2) is 6.10 Å². The molecular formula is C21H20N4O4S. The molecule has 3 heterocycles. The van der Waals surface area contributed by atoms with Crippen molar-refractivity contribution in [2.75, 3.05) is 18.5 Å². The summed E-state index contributed by atoms with van der Waals surface area (Å²) in [6, 6.07) is 14.0. The number of amides is 2. The quantitative estimate of drug-likeness (QED) is 0.690. The van der Waals surface area contributed by atoms with Crippen LogP contribution < -0.4 is 20.5 Å². The van der Waals surface area contributed by atoms with Gasteiger partial charge in [0.1, 0.15) is 18.0 Å². The van der Waals surface area contributed by atoms with E-state index in [-0.39, 0.29) is 30.5 Å². The third kappa shape index (κ3) is 3.84. The molecule has 4 rings (SSSR count). The van der Waals surface area contributed by atoms with E-state index in [9.17, 15) is 14.4 Å². The zero-order valence-corrected chi connectivity index (χ0v) is 17.3. The number of rotatable bonds is 4. The Bertz CT molecular complexity index is 1170. The number of hydrogen-bond donors (Lipinski definition) is 1. The molecule has 1 atom stereocenters. The molecular weight excluding hydrogens is 404 g/mol. The third-order valence-electron chi connectivity index (χ3n) is 4.76. The number of nitrogens with zero attached hydrogens (tertiary/aromatic N) is 3. The van der Waals surface area contributed by atoms with Crippen molar-refractivity contribution in [1.82, 2.24) is 15.1 Å². The molecule has 0 radical (unpaired) electrons. The molecule has 3 aromatic rings. The number of thiophene rings is 1. The number of benzene rings is 1. The Morgan fingerprint density at radius 1 is 1.20 bits per heavy atom. The van der Waals surface area contributed by atoms with Gasteiger partial charge in [-0.3, -0.25) is 14.4 Å². The molecule has 1 N–H and O–H groups in total. The molecule has 8 nitrogen and oxygen atoms in total. The lowest BCUT2D eigenvalue weighted by Crippen LogP contribution is -2.51. The molecule has 1 aromatic carbocycles. The molecule has 2 aromatic heterocycles. The Balaban J connectivity index is 1.63. The zero-order valence-electron chi connectivity index (χ0n) is 16.5. The SMILES string of the molecule is CNC(=O)C1CN(C(=O)Cn2nc(-c3ccc(C)s3)ccc2=O)c2ccccc2O1. The van der Waals surface area contributed by atoms with Gasteiger partial charge in [0.05, 0.1) is 17.1 Å². The minimum Gasteiger partial charge on any atom is -0.477 e. The van der Waals surface area contributed by atoms with Crippen LogP contribution in [-0.2, 0) is 16.1 Å². The van der Waals surface area contributed by atoms with Crippen molar-refractivity contribution < 1.29 is 14.3 Å². The Morgan fingerprint density at radius 3 is 2.73 bits per heavy atom. The molecule has 0 spiro atoms. The third-order valence-corrected chi connectivity index (χ3v) is 5.78. The first-order valence-corrected chi connectivity index (χ1v) is 10.2. The molecule has 1 aliphatic heterocycles. The van der Waals surface area contributed by atoms with E-state index < -0.39 is 6.10 Å². The van der Waals surface area contributed by atoms with Crippen LogP contribution in [0.3, 0.4) is 0 Å². The first kappa shape index (κ1) is 19.8. The van der Waals surface area contributed by atoms with E-state index in [4.69, 9.17) is 4.74 Å². The number of ether oxygens (including phenoxy) is 1. The molecule has 0 bridgehead atoms. The van der Waals surface area contributed by atoms with E-state index in [0.717, 1.165) is 14.4 Å². The molecule has 9 heteroatoms. The van der Waals surface area contributed by atoms with Gasteiger partial charge >= 0.3 is 0 Å². The van der Waals surface area contributed by atoms with Gasteiger partial charge in [0.25, 0.3) is 11.5 Å². The summed E-state index contributed by atoms with van der Waals surface area (Å²) in [6.07, 6.45) is -0.834. The minimum absolute atomic E-state index is 0.0497. The summed E-state index contributed by atoms with van der Waals surface area (Å²) < 4.78 is 6.88. The van der Waals surface area contributed by atoms with Gasteiger partial charge in [0.2, 0.25) is 5.91 Å². The Morgan fingerprint density at radius 2 is 2.00 bits per heavy atom. The van der Waals surface area contributed by atoms with Crippen molar-refractivity contribution >= 4 is 28.8 Å². The lowest BCUT2D eigenvalue weighted by atomic mass is 10.1. The van der Waals surface area contributed by atoms with E-state index in [1.807, 2.05) is 19.1 Å². The van der Waals surface area contributed by atoms with Gasteiger partial charge in [-0.1, -0.05) is 12.1 Å². The molecule has 0 aliphatic carbocycles. The number of carbonyl (C=O) groups excluding carboxylic acids is 2. The van der Waals surface area contributed by atoms with Crippen LogP contribution >= 0.6 is 11.3 Å². The van der Waals surface area contributed by atoms with Crippen LogP contribution in [0.4, 0.5) is 5.69 Å². The van der Waals surface area contributed by atoms with Gasteiger partial charge in [-0.15, -0.1) is 11.3 Å². The molecule has 0 fully saturated rings. The second-order valence-corrected chi connectivity index (χ2v) is 8.11. The monoisotopic (exact) mass is 424 g/mol. The number of likely N-dealkylation sites (N-methyl/N-ethyl adjacent to an activating group) is 1. The molecule has 154 valence electrons. The van der Waals surface area contributed by atoms with Gasteiger partial charge in [0, 0.05) is 18.0 Å². The number of hydrogen-bond acceptors (Lipinski definition) is 6. The highest BCUT2D eigenvalue weighted by Crippen LogP contribution is 2.33. The number of fused-ring (bicyclic) bond motifs is 1. The second-order valence-electron chi connectivity index (χ2n) is 6.82. The van der Waals surface area contributed by atoms with Crippen LogP contribution in [0.2, 0.25) is 0 Å². The second kappa shape index (κ2) is 8.11. The van der Waals surface area contributed by atoms with Crippen molar-refractivity contribution in [2.45, 2.75) is 19.6 Å². The highest BCUT2D eigenvalue weighted by molar-refractivity contribution is 7.15. The first-order chi connectivity index (χ1) is 14.5. The lowest BCUT2D eigenvalue weighted by Gasteiger charge is -2.34. The topological polar surface area (TPSA) is 93.5 Å². The van der Waals surface area contributed by atoms with Crippen LogP contribution in [0.1, 0.15) is 4.88 Å². The van der Waals surface area contributed by atoms with Crippen molar-refractivity contribution in [3.8, 4) is 16.3 Å². The average molecular weight is 424 g/mol. The van der Waals surface area contributed by atoms with Crippen LogP contribution in [0, 0.1) is 6.92 Å². The summed E-state index contributed by atoms with van der Waals surface area (Å²) in [6.45, 7) is 1.80. The summed E-state index contributed by atoms with van der Waals surface area (Å²) in [4.78, 5) is 41.1. The summed E-state index contributed by atoms with van der Waals surface area (Å²) in [5.41, 5.74) is 0.816. The molecule has 1 aliphatic rings. The Labute approximate surface area is 176 Å². The fourth-order valence-corrected chi connectivity index (χ4v) is 4.08. The number of carbonyl (C=O) groups is 2.